The van der Waals surface area contributed by atoms with Crippen molar-refractivity contribution in [3.05, 3.63) is 35.9 Å². The number of ether oxygens (including phenoxy) is 2. The molecule has 1 heterocycles. The third kappa shape index (κ3) is 7.33. The molecule has 0 amide bonds. The zero-order valence-corrected chi connectivity index (χ0v) is 13.2. The Bertz CT molecular complexity index is 404. The highest BCUT2D eigenvalue weighted by Crippen LogP contribution is 2.16. The minimum Gasteiger partial charge on any atom is -0.491 e. The Balaban J connectivity index is 1.57. The van der Waals surface area contributed by atoms with Crippen LogP contribution in [-0.4, -0.2) is 19.3 Å². The Labute approximate surface area is 129 Å². The second kappa shape index (κ2) is 9.62. The monoisotopic (exact) mass is 288 g/mol. The zero-order chi connectivity index (χ0) is 14.8. The highest BCUT2D eigenvalue weighted by molar-refractivity contribution is 5.50. The second-order valence-corrected chi connectivity index (χ2v) is 5.79. The van der Waals surface area contributed by atoms with E-state index >= 15 is 0 Å². The maximum absolute atomic E-state index is 5.63. The van der Waals surface area contributed by atoms with Gasteiger partial charge in [-0.2, -0.15) is 0 Å². The topological polar surface area (TPSA) is 21.8 Å². The molecule has 1 atom stereocenters. The summed E-state index contributed by atoms with van der Waals surface area (Å²) in [4.78, 5) is 0. The summed E-state index contributed by atoms with van der Waals surface area (Å²) in [6.45, 7) is 3.78. The first-order chi connectivity index (χ1) is 10.4. The van der Waals surface area contributed by atoms with Gasteiger partial charge < -0.3 is 9.47 Å². The van der Waals surface area contributed by atoms with E-state index in [9.17, 15) is 0 Å². The van der Waals surface area contributed by atoms with Crippen LogP contribution in [-0.2, 0) is 4.74 Å². The first-order valence-electron chi connectivity index (χ1n) is 8.39. The molecule has 1 aromatic carbocycles. The van der Waals surface area contributed by atoms with E-state index in [-0.39, 0.29) is 0 Å². The van der Waals surface area contributed by atoms with Crippen LogP contribution in [0, 0.1) is 0 Å². The van der Waals surface area contributed by atoms with E-state index in [4.69, 9.17) is 9.47 Å². The Morgan fingerprint density at radius 3 is 2.52 bits per heavy atom. The van der Waals surface area contributed by atoms with Gasteiger partial charge in [0.25, 0.3) is 0 Å². The molecule has 1 fully saturated rings. The standard InChI is InChI=1S/C19H28O2/c1-2-3-4-5-6-7-8-9-10-17-11-13-18(14-12-17)20-15-19-16-21-19/h9-14,19H,2-8,15-16H2,1H3/b10-9+. The molecule has 2 heteroatoms. The molecule has 0 aliphatic carbocycles. The lowest BCUT2D eigenvalue weighted by atomic mass is 10.1. The van der Waals surface area contributed by atoms with Crippen molar-refractivity contribution in [3.8, 4) is 5.75 Å². The first kappa shape index (κ1) is 16.1. The molecule has 1 aliphatic heterocycles. The van der Waals surface area contributed by atoms with Crippen LogP contribution in [0.2, 0.25) is 0 Å². The van der Waals surface area contributed by atoms with Crippen LogP contribution in [0.3, 0.4) is 0 Å². The van der Waals surface area contributed by atoms with Crippen LogP contribution in [0.1, 0.15) is 57.4 Å². The summed E-state index contributed by atoms with van der Waals surface area (Å²) in [6.07, 6.45) is 14.2. The van der Waals surface area contributed by atoms with Gasteiger partial charge >= 0.3 is 0 Å². The van der Waals surface area contributed by atoms with Crippen molar-refractivity contribution >= 4 is 6.08 Å². The van der Waals surface area contributed by atoms with Gasteiger partial charge in [0.2, 0.25) is 0 Å². The van der Waals surface area contributed by atoms with E-state index in [0.717, 1.165) is 12.4 Å². The van der Waals surface area contributed by atoms with Crippen LogP contribution in [0.15, 0.2) is 30.3 Å². The summed E-state index contributed by atoms with van der Waals surface area (Å²) in [7, 11) is 0. The Kier molecular flexibility index (Phi) is 7.37. The SMILES string of the molecule is CCCCCCCC/C=C/c1ccc(OCC2CO2)cc1. The van der Waals surface area contributed by atoms with Crippen molar-refractivity contribution in [3.63, 3.8) is 0 Å². The fraction of sp³-hybridized carbons (Fsp3) is 0.579. The van der Waals surface area contributed by atoms with Gasteiger partial charge in [-0.15, -0.1) is 0 Å². The molecule has 116 valence electrons. The third-order valence-corrected chi connectivity index (χ3v) is 3.75. The Hall–Kier alpha value is -1.28. The zero-order valence-electron chi connectivity index (χ0n) is 13.2. The molecule has 1 aliphatic rings. The van der Waals surface area contributed by atoms with Crippen LogP contribution in [0.4, 0.5) is 0 Å². The number of benzene rings is 1. The molecular formula is C19H28O2. The lowest BCUT2D eigenvalue weighted by molar-refractivity contribution is 0.263. The van der Waals surface area contributed by atoms with Gasteiger partial charge in [-0.3, -0.25) is 0 Å². The third-order valence-electron chi connectivity index (χ3n) is 3.75. The van der Waals surface area contributed by atoms with Crippen molar-refractivity contribution in [2.45, 2.75) is 58.0 Å². The Morgan fingerprint density at radius 2 is 1.81 bits per heavy atom. The minimum absolute atomic E-state index is 0.321. The van der Waals surface area contributed by atoms with E-state index in [1.807, 2.05) is 12.1 Å². The molecule has 1 unspecified atom stereocenters. The molecule has 0 saturated carbocycles. The quantitative estimate of drug-likeness (QED) is 0.411. The van der Waals surface area contributed by atoms with E-state index in [0.29, 0.717) is 12.7 Å². The fourth-order valence-corrected chi connectivity index (χ4v) is 2.29. The molecule has 0 spiro atoms. The van der Waals surface area contributed by atoms with Crippen molar-refractivity contribution in [1.29, 1.82) is 0 Å². The van der Waals surface area contributed by atoms with Gasteiger partial charge in [0, 0.05) is 0 Å². The average Bonchev–Trinajstić information content (AvgIpc) is 3.33. The molecular weight excluding hydrogens is 260 g/mol. The van der Waals surface area contributed by atoms with Crippen LogP contribution in [0.25, 0.3) is 6.08 Å². The maximum atomic E-state index is 5.63. The minimum atomic E-state index is 0.321. The van der Waals surface area contributed by atoms with E-state index in [1.54, 1.807) is 0 Å². The van der Waals surface area contributed by atoms with Crippen molar-refractivity contribution in [2.75, 3.05) is 13.2 Å². The van der Waals surface area contributed by atoms with E-state index in [1.165, 1.54) is 50.5 Å². The maximum Gasteiger partial charge on any atom is 0.119 e. The molecule has 1 aromatic rings. The van der Waals surface area contributed by atoms with E-state index in [2.05, 4.69) is 31.2 Å². The van der Waals surface area contributed by atoms with Crippen molar-refractivity contribution in [2.24, 2.45) is 0 Å². The largest absolute Gasteiger partial charge is 0.491 e. The van der Waals surface area contributed by atoms with Crippen LogP contribution < -0.4 is 4.74 Å². The molecule has 2 rings (SSSR count). The normalized spacial score (nSPS) is 17.3. The summed E-state index contributed by atoms with van der Waals surface area (Å²) in [5.41, 5.74) is 1.25. The smallest absolute Gasteiger partial charge is 0.119 e. The summed E-state index contributed by atoms with van der Waals surface area (Å²) >= 11 is 0. The van der Waals surface area contributed by atoms with Crippen LogP contribution >= 0.6 is 0 Å². The number of unbranched alkanes of at least 4 members (excludes halogenated alkanes) is 6. The summed E-state index contributed by atoms with van der Waals surface area (Å²) < 4.78 is 10.8. The predicted octanol–water partition coefficient (Wildman–Crippen LogP) is 5.23. The number of rotatable bonds is 11. The van der Waals surface area contributed by atoms with Gasteiger partial charge in [-0.25, -0.2) is 0 Å². The molecule has 0 radical (unpaired) electrons. The molecule has 0 bridgehead atoms. The second-order valence-electron chi connectivity index (χ2n) is 5.79. The molecule has 2 nitrogen and oxygen atoms in total. The summed E-state index contributed by atoms with van der Waals surface area (Å²) in [5.74, 6) is 0.929. The van der Waals surface area contributed by atoms with Gasteiger partial charge in [0.1, 0.15) is 18.5 Å². The van der Waals surface area contributed by atoms with Crippen molar-refractivity contribution in [1.82, 2.24) is 0 Å². The van der Waals surface area contributed by atoms with Crippen molar-refractivity contribution < 1.29 is 9.47 Å². The number of hydrogen-bond acceptors (Lipinski definition) is 2. The highest BCUT2D eigenvalue weighted by Gasteiger charge is 2.22. The van der Waals surface area contributed by atoms with E-state index < -0.39 is 0 Å². The van der Waals surface area contributed by atoms with Gasteiger partial charge in [0.15, 0.2) is 0 Å². The van der Waals surface area contributed by atoms with Crippen LogP contribution in [0.5, 0.6) is 5.75 Å². The first-order valence-corrected chi connectivity index (χ1v) is 8.39. The van der Waals surface area contributed by atoms with Gasteiger partial charge in [-0.05, 0) is 30.5 Å². The summed E-state index contributed by atoms with van der Waals surface area (Å²) in [6, 6.07) is 8.29. The molecule has 0 N–H and O–H groups in total. The fourth-order valence-electron chi connectivity index (χ4n) is 2.29. The predicted molar refractivity (Wildman–Crippen MR) is 88.7 cm³/mol. The molecule has 1 saturated heterocycles. The molecule has 21 heavy (non-hydrogen) atoms. The Morgan fingerprint density at radius 1 is 1.10 bits per heavy atom. The lowest BCUT2D eigenvalue weighted by Crippen LogP contribution is -2.03. The number of hydrogen-bond donors (Lipinski definition) is 0. The summed E-state index contributed by atoms with van der Waals surface area (Å²) in [5, 5.41) is 0. The average molecular weight is 288 g/mol. The molecule has 0 aromatic heterocycles. The number of allylic oxidation sites excluding steroid dienone is 1. The van der Waals surface area contributed by atoms with Gasteiger partial charge in [-0.1, -0.05) is 63.3 Å². The highest BCUT2D eigenvalue weighted by atomic mass is 16.6. The number of epoxide rings is 1. The lowest BCUT2D eigenvalue weighted by Gasteiger charge is -2.03. The van der Waals surface area contributed by atoms with Gasteiger partial charge in [0.05, 0.1) is 6.61 Å².